The summed E-state index contributed by atoms with van der Waals surface area (Å²) in [6.45, 7) is 0.931. The lowest BCUT2D eigenvalue weighted by atomic mass is 10.2. The van der Waals surface area contributed by atoms with Gasteiger partial charge in [-0.1, -0.05) is 11.6 Å². The van der Waals surface area contributed by atoms with Crippen molar-refractivity contribution in [1.82, 2.24) is 0 Å². The largest absolute Gasteiger partial charge is 0.491 e. The van der Waals surface area contributed by atoms with Gasteiger partial charge in [-0.3, -0.25) is 0 Å². The minimum absolute atomic E-state index is 0.307. The van der Waals surface area contributed by atoms with Gasteiger partial charge in [0.1, 0.15) is 12.4 Å². The molecule has 4 nitrogen and oxygen atoms in total. The minimum atomic E-state index is -0.464. The molecular formula is C11H13ClO4. The second-order valence-corrected chi connectivity index (χ2v) is 3.38. The van der Waals surface area contributed by atoms with Crippen molar-refractivity contribution >= 4 is 17.6 Å². The third kappa shape index (κ3) is 3.40. The van der Waals surface area contributed by atoms with E-state index in [1.807, 2.05) is 0 Å². The summed E-state index contributed by atoms with van der Waals surface area (Å²) in [6.07, 6.45) is 0. The Bertz CT molecular complexity index is 365. The van der Waals surface area contributed by atoms with Gasteiger partial charge in [-0.2, -0.15) is 0 Å². The summed E-state index contributed by atoms with van der Waals surface area (Å²) < 4.78 is 14.7. The van der Waals surface area contributed by atoms with Gasteiger partial charge in [-0.25, -0.2) is 4.79 Å². The van der Waals surface area contributed by atoms with Crippen LogP contribution in [0.5, 0.6) is 5.75 Å². The summed E-state index contributed by atoms with van der Waals surface area (Å²) in [5.41, 5.74) is 0.322. The summed E-state index contributed by atoms with van der Waals surface area (Å²) in [5.74, 6) is 0.128. The topological polar surface area (TPSA) is 44.8 Å². The van der Waals surface area contributed by atoms with Crippen LogP contribution in [-0.2, 0) is 9.47 Å². The van der Waals surface area contributed by atoms with Crippen molar-refractivity contribution < 1.29 is 19.0 Å². The average Bonchev–Trinajstić information content (AvgIpc) is 2.29. The average molecular weight is 245 g/mol. The monoisotopic (exact) mass is 244 g/mol. The molecule has 0 aromatic heterocycles. The molecule has 0 saturated heterocycles. The fourth-order valence-electron chi connectivity index (χ4n) is 1.10. The van der Waals surface area contributed by atoms with E-state index < -0.39 is 5.97 Å². The summed E-state index contributed by atoms with van der Waals surface area (Å²) in [4.78, 5) is 11.2. The van der Waals surface area contributed by atoms with E-state index in [0.717, 1.165) is 0 Å². The first-order valence-electron chi connectivity index (χ1n) is 4.68. The number of rotatable bonds is 5. The molecule has 1 aromatic carbocycles. The predicted octanol–water partition coefficient (Wildman–Crippen LogP) is 2.15. The summed E-state index contributed by atoms with van der Waals surface area (Å²) >= 11 is 5.90. The van der Waals surface area contributed by atoms with Crippen LogP contribution in [0.2, 0.25) is 5.02 Å². The fraction of sp³-hybridized carbons (Fsp3) is 0.364. The molecule has 0 amide bonds. The summed E-state index contributed by atoms with van der Waals surface area (Å²) in [6, 6.07) is 4.80. The Morgan fingerprint density at radius 2 is 2.06 bits per heavy atom. The highest BCUT2D eigenvalue weighted by atomic mass is 35.5. The molecule has 0 saturated carbocycles. The Morgan fingerprint density at radius 3 is 2.62 bits per heavy atom. The van der Waals surface area contributed by atoms with Gasteiger partial charge in [0.15, 0.2) is 0 Å². The molecule has 0 aliphatic rings. The van der Waals surface area contributed by atoms with E-state index in [4.69, 9.17) is 21.1 Å². The lowest BCUT2D eigenvalue weighted by molar-refractivity contribution is 0.0601. The molecule has 0 N–H and O–H groups in total. The summed E-state index contributed by atoms with van der Waals surface area (Å²) in [5, 5.41) is 0.307. The number of ether oxygens (including phenoxy) is 3. The Hall–Kier alpha value is -1.26. The van der Waals surface area contributed by atoms with Crippen LogP contribution in [-0.4, -0.2) is 33.4 Å². The van der Waals surface area contributed by atoms with Crippen molar-refractivity contribution in [1.29, 1.82) is 0 Å². The first-order valence-corrected chi connectivity index (χ1v) is 5.06. The van der Waals surface area contributed by atoms with Gasteiger partial charge in [0.2, 0.25) is 0 Å². The molecule has 0 bridgehead atoms. The van der Waals surface area contributed by atoms with E-state index in [9.17, 15) is 4.79 Å². The molecule has 1 rings (SSSR count). The molecule has 0 aliphatic heterocycles. The lowest BCUT2D eigenvalue weighted by Gasteiger charge is -2.07. The van der Waals surface area contributed by atoms with Gasteiger partial charge < -0.3 is 14.2 Å². The molecular weight excluding hydrogens is 232 g/mol. The zero-order valence-electron chi connectivity index (χ0n) is 9.16. The van der Waals surface area contributed by atoms with Crippen LogP contribution >= 0.6 is 11.6 Å². The number of benzene rings is 1. The Kier molecular flexibility index (Phi) is 5.08. The second-order valence-electron chi connectivity index (χ2n) is 2.97. The van der Waals surface area contributed by atoms with Crippen LogP contribution in [0.25, 0.3) is 0 Å². The number of carbonyl (C=O) groups excluding carboxylic acids is 1. The second kappa shape index (κ2) is 6.35. The molecule has 0 spiro atoms. The van der Waals surface area contributed by atoms with E-state index in [0.29, 0.717) is 29.5 Å². The Morgan fingerprint density at radius 1 is 1.31 bits per heavy atom. The van der Waals surface area contributed by atoms with Gasteiger partial charge in [-0.15, -0.1) is 0 Å². The molecule has 0 aliphatic carbocycles. The first-order chi connectivity index (χ1) is 7.69. The Labute approximate surface area is 99.1 Å². The van der Waals surface area contributed by atoms with Crippen LogP contribution < -0.4 is 4.74 Å². The molecule has 0 heterocycles. The summed E-state index contributed by atoms with van der Waals surface area (Å²) in [7, 11) is 2.90. The standard InChI is InChI=1S/C11H13ClO4/c1-14-5-6-16-8-3-4-9(10(12)7-8)11(13)15-2/h3-4,7H,5-6H2,1-2H3. The third-order valence-corrected chi connectivity index (χ3v) is 2.21. The Balaban J connectivity index is 2.71. The van der Waals surface area contributed by atoms with Crippen molar-refractivity contribution in [3.05, 3.63) is 28.8 Å². The number of methoxy groups -OCH3 is 2. The van der Waals surface area contributed by atoms with Crippen molar-refractivity contribution in [3.63, 3.8) is 0 Å². The molecule has 0 fully saturated rings. The van der Waals surface area contributed by atoms with E-state index in [1.165, 1.54) is 7.11 Å². The first kappa shape index (κ1) is 12.8. The van der Waals surface area contributed by atoms with Crippen LogP contribution in [0.1, 0.15) is 10.4 Å². The lowest BCUT2D eigenvalue weighted by Crippen LogP contribution is -2.05. The van der Waals surface area contributed by atoms with E-state index in [2.05, 4.69) is 4.74 Å². The number of hydrogen-bond donors (Lipinski definition) is 0. The minimum Gasteiger partial charge on any atom is -0.491 e. The van der Waals surface area contributed by atoms with Crippen molar-refractivity contribution in [2.24, 2.45) is 0 Å². The third-order valence-electron chi connectivity index (χ3n) is 1.90. The SMILES string of the molecule is COCCOc1ccc(C(=O)OC)c(Cl)c1. The van der Waals surface area contributed by atoms with E-state index in [-0.39, 0.29) is 0 Å². The maximum Gasteiger partial charge on any atom is 0.339 e. The molecule has 0 unspecified atom stereocenters. The van der Waals surface area contributed by atoms with E-state index in [1.54, 1.807) is 25.3 Å². The molecule has 5 heteroatoms. The molecule has 0 radical (unpaired) electrons. The van der Waals surface area contributed by atoms with Crippen molar-refractivity contribution in [2.45, 2.75) is 0 Å². The van der Waals surface area contributed by atoms with Gasteiger partial charge in [-0.05, 0) is 18.2 Å². The van der Waals surface area contributed by atoms with Gasteiger partial charge in [0.25, 0.3) is 0 Å². The molecule has 16 heavy (non-hydrogen) atoms. The number of hydrogen-bond acceptors (Lipinski definition) is 4. The molecule has 0 atom stereocenters. The zero-order valence-corrected chi connectivity index (χ0v) is 9.91. The highest BCUT2D eigenvalue weighted by molar-refractivity contribution is 6.33. The van der Waals surface area contributed by atoms with Crippen LogP contribution in [0.15, 0.2) is 18.2 Å². The van der Waals surface area contributed by atoms with E-state index >= 15 is 0 Å². The van der Waals surface area contributed by atoms with Crippen molar-refractivity contribution in [2.75, 3.05) is 27.4 Å². The number of carbonyl (C=O) groups is 1. The maximum atomic E-state index is 11.2. The molecule has 1 aromatic rings. The highest BCUT2D eigenvalue weighted by Crippen LogP contribution is 2.23. The fourth-order valence-corrected chi connectivity index (χ4v) is 1.35. The van der Waals surface area contributed by atoms with Crippen molar-refractivity contribution in [3.8, 4) is 5.75 Å². The molecule has 88 valence electrons. The number of halogens is 1. The normalized spacial score (nSPS) is 9.94. The van der Waals surface area contributed by atoms with Crippen LogP contribution in [0.4, 0.5) is 0 Å². The van der Waals surface area contributed by atoms with Gasteiger partial charge >= 0.3 is 5.97 Å². The van der Waals surface area contributed by atoms with Crippen LogP contribution in [0.3, 0.4) is 0 Å². The van der Waals surface area contributed by atoms with Gasteiger partial charge in [0, 0.05) is 7.11 Å². The maximum absolute atomic E-state index is 11.2. The van der Waals surface area contributed by atoms with Gasteiger partial charge in [0.05, 0.1) is 24.3 Å². The smallest absolute Gasteiger partial charge is 0.339 e. The zero-order chi connectivity index (χ0) is 12.0. The predicted molar refractivity (Wildman–Crippen MR) is 60.2 cm³/mol. The van der Waals surface area contributed by atoms with Crippen LogP contribution in [0, 0.1) is 0 Å². The highest BCUT2D eigenvalue weighted by Gasteiger charge is 2.10. The number of esters is 1. The quantitative estimate of drug-likeness (QED) is 0.588.